The van der Waals surface area contributed by atoms with Crippen LogP contribution in [0.25, 0.3) is 0 Å². The third-order valence-electron chi connectivity index (χ3n) is 2.55. The molecule has 0 amide bonds. The van der Waals surface area contributed by atoms with Crippen molar-refractivity contribution in [3.05, 3.63) is 57.8 Å². The normalized spacial score (nSPS) is 12.5. The van der Waals surface area contributed by atoms with Gasteiger partial charge in [-0.3, -0.25) is 0 Å². The van der Waals surface area contributed by atoms with Gasteiger partial charge >= 0.3 is 0 Å². The lowest BCUT2D eigenvalue weighted by Gasteiger charge is -2.13. The number of benzene rings is 2. The van der Waals surface area contributed by atoms with Crippen LogP contribution in [-0.2, 0) is 0 Å². The van der Waals surface area contributed by atoms with E-state index < -0.39 is 6.10 Å². The summed E-state index contributed by atoms with van der Waals surface area (Å²) in [5, 5.41) is 10.7. The topological polar surface area (TPSA) is 20.2 Å². The van der Waals surface area contributed by atoms with Gasteiger partial charge in [0.1, 0.15) is 5.82 Å². The summed E-state index contributed by atoms with van der Waals surface area (Å²) in [6.07, 6.45) is -0.754. The highest BCUT2D eigenvalue weighted by Crippen LogP contribution is 2.39. The van der Waals surface area contributed by atoms with Crippen molar-refractivity contribution in [3.8, 4) is 0 Å². The first-order valence-electron chi connectivity index (χ1n) is 5.58. The van der Waals surface area contributed by atoms with Gasteiger partial charge in [0.2, 0.25) is 0 Å². The molecule has 2 rings (SSSR count). The molecule has 2 aromatic carbocycles. The van der Waals surface area contributed by atoms with Crippen molar-refractivity contribution in [2.24, 2.45) is 0 Å². The van der Waals surface area contributed by atoms with Crippen molar-refractivity contribution in [2.45, 2.75) is 22.8 Å². The van der Waals surface area contributed by atoms with Crippen molar-refractivity contribution >= 4 is 35.0 Å². The second-order valence-electron chi connectivity index (χ2n) is 4.01. The molecule has 0 fully saturated rings. The Labute approximate surface area is 125 Å². The molecule has 0 saturated carbocycles. The summed E-state index contributed by atoms with van der Waals surface area (Å²) in [5.41, 5.74) is 0.529. The smallest absolute Gasteiger partial charge is 0.137 e. The summed E-state index contributed by atoms with van der Waals surface area (Å²) in [6.45, 7) is 1.60. The standard InChI is InChI=1S/C14H11Cl2FOS/c1-8(18)10-3-2-4-12(17)14(10)19-13-7-9(15)5-6-11(13)16/h2-8,18H,1H3/t8-/m1/s1. The molecule has 0 spiro atoms. The van der Waals surface area contributed by atoms with Crippen LogP contribution >= 0.6 is 35.0 Å². The zero-order valence-corrected chi connectivity index (χ0v) is 12.4. The van der Waals surface area contributed by atoms with Gasteiger partial charge in [-0.2, -0.15) is 0 Å². The second kappa shape index (κ2) is 6.14. The minimum atomic E-state index is -0.754. The van der Waals surface area contributed by atoms with Gasteiger partial charge in [-0.05, 0) is 36.8 Å². The Balaban J connectivity index is 2.46. The maximum absolute atomic E-state index is 13.9. The Morgan fingerprint density at radius 3 is 2.63 bits per heavy atom. The van der Waals surface area contributed by atoms with E-state index in [-0.39, 0.29) is 5.82 Å². The predicted molar refractivity (Wildman–Crippen MR) is 77.6 cm³/mol. The number of hydrogen-bond acceptors (Lipinski definition) is 2. The minimum Gasteiger partial charge on any atom is -0.389 e. The maximum atomic E-state index is 13.9. The molecule has 1 N–H and O–H groups in total. The van der Waals surface area contributed by atoms with Crippen LogP contribution in [0, 0.1) is 5.82 Å². The fourth-order valence-corrected chi connectivity index (χ4v) is 3.19. The van der Waals surface area contributed by atoms with E-state index in [4.69, 9.17) is 23.2 Å². The SMILES string of the molecule is C[C@@H](O)c1cccc(F)c1Sc1cc(Cl)ccc1Cl. The van der Waals surface area contributed by atoms with Crippen molar-refractivity contribution in [1.82, 2.24) is 0 Å². The van der Waals surface area contributed by atoms with Gasteiger partial charge in [0, 0.05) is 9.92 Å². The van der Waals surface area contributed by atoms with E-state index in [1.165, 1.54) is 6.07 Å². The van der Waals surface area contributed by atoms with Gasteiger partial charge in [0.05, 0.1) is 16.0 Å². The summed E-state index contributed by atoms with van der Waals surface area (Å²) >= 11 is 13.1. The van der Waals surface area contributed by atoms with Gasteiger partial charge < -0.3 is 5.11 Å². The lowest BCUT2D eigenvalue weighted by atomic mass is 10.1. The van der Waals surface area contributed by atoms with E-state index in [1.54, 1.807) is 37.3 Å². The summed E-state index contributed by atoms with van der Waals surface area (Å²) in [5.74, 6) is -0.389. The van der Waals surface area contributed by atoms with E-state index in [0.717, 1.165) is 11.8 Å². The number of rotatable bonds is 3. The molecule has 2 aromatic rings. The van der Waals surface area contributed by atoms with Crippen LogP contribution in [0.1, 0.15) is 18.6 Å². The number of aliphatic hydroxyl groups is 1. The zero-order chi connectivity index (χ0) is 14.0. The molecule has 0 radical (unpaired) electrons. The fraction of sp³-hybridized carbons (Fsp3) is 0.143. The monoisotopic (exact) mass is 316 g/mol. The lowest BCUT2D eigenvalue weighted by Crippen LogP contribution is -1.96. The van der Waals surface area contributed by atoms with Crippen molar-refractivity contribution in [3.63, 3.8) is 0 Å². The highest BCUT2D eigenvalue weighted by Gasteiger charge is 2.15. The Morgan fingerprint density at radius 1 is 1.21 bits per heavy atom. The van der Waals surface area contributed by atoms with E-state index >= 15 is 0 Å². The average molecular weight is 317 g/mol. The Morgan fingerprint density at radius 2 is 1.95 bits per heavy atom. The molecule has 100 valence electrons. The minimum absolute atomic E-state index is 0.363. The molecule has 0 aliphatic rings. The first kappa shape index (κ1) is 14.7. The van der Waals surface area contributed by atoms with Crippen LogP contribution in [0.3, 0.4) is 0 Å². The molecule has 1 atom stereocenters. The number of halogens is 3. The van der Waals surface area contributed by atoms with Crippen molar-refractivity contribution in [1.29, 1.82) is 0 Å². The molecular formula is C14H11Cl2FOS. The van der Waals surface area contributed by atoms with Gasteiger partial charge in [-0.25, -0.2) is 4.39 Å². The molecule has 1 nitrogen and oxygen atoms in total. The molecule has 0 bridgehead atoms. The van der Waals surface area contributed by atoms with Crippen LogP contribution in [-0.4, -0.2) is 5.11 Å². The van der Waals surface area contributed by atoms with Crippen LogP contribution in [0.15, 0.2) is 46.2 Å². The summed E-state index contributed by atoms with van der Waals surface area (Å²) in [7, 11) is 0. The van der Waals surface area contributed by atoms with Crippen molar-refractivity contribution in [2.75, 3.05) is 0 Å². The summed E-state index contributed by atoms with van der Waals surface area (Å²) in [4.78, 5) is 1.02. The highest BCUT2D eigenvalue weighted by molar-refractivity contribution is 7.99. The summed E-state index contributed by atoms with van der Waals surface area (Å²) in [6, 6.07) is 9.62. The second-order valence-corrected chi connectivity index (χ2v) is 5.91. The highest BCUT2D eigenvalue weighted by atomic mass is 35.5. The van der Waals surface area contributed by atoms with Crippen LogP contribution < -0.4 is 0 Å². The molecule has 19 heavy (non-hydrogen) atoms. The lowest BCUT2D eigenvalue weighted by molar-refractivity contribution is 0.195. The molecular weight excluding hydrogens is 306 g/mol. The fourth-order valence-electron chi connectivity index (χ4n) is 1.63. The summed E-state index contributed by atoms with van der Waals surface area (Å²) < 4.78 is 13.9. The average Bonchev–Trinajstić information content (AvgIpc) is 2.35. The van der Waals surface area contributed by atoms with E-state index in [1.807, 2.05) is 0 Å². The Bertz CT molecular complexity index is 602. The molecule has 0 heterocycles. The molecule has 0 aliphatic carbocycles. The molecule has 0 unspecified atom stereocenters. The predicted octanol–water partition coefficient (Wildman–Crippen LogP) is 5.34. The third-order valence-corrected chi connectivity index (χ3v) is 4.42. The molecule has 0 saturated heterocycles. The maximum Gasteiger partial charge on any atom is 0.137 e. The van der Waals surface area contributed by atoms with Gasteiger partial charge in [0.15, 0.2) is 0 Å². The van der Waals surface area contributed by atoms with E-state index in [2.05, 4.69) is 0 Å². The van der Waals surface area contributed by atoms with Crippen molar-refractivity contribution < 1.29 is 9.50 Å². The van der Waals surface area contributed by atoms with Crippen LogP contribution in [0.5, 0.6) is 0 Å². The molecule has 0 aromatic heterocycles. The first-order chi connectivity index (χ1) is 8.99. The van der Waals surface area contributed by atoms with Crippen LogP contribution in [0.2, 0.25) is 10.0 Å². The van der Waals surface area contributed by atoms with E-state index in [0.29, 0.717) is 25.4 Å². The van der Waals surface area contributed by atoms with Gasteiger partial charge in [-0.15, -0.1) is 0 Å². The van der Waals surface area contributed by atoms with Crippen LogP contribution in [0.4, 0.5) is 4.39 Å². The largest absolute Gasteiger partial charge is 0.389 e. The number of hydrogen-bond donors (Lipinski definition) is 1. The molecule has 0 aliphatic heterocycles. The Kier molecular flexibility index (Phi) is 4.74. The first-order valence-corrected chi connectivity index (χ1v) is 7.15. The number of aliphatic hydroxyl groups excluding tert-OH is 1. The van der Waals surface area contributed by atoms with E-state index in [9.17, 15) is 9.50 Å². The third kappa shape index (κ3) is 3.42. The van der Waals surface area contributed by atoms with Gasteiger partial charge in [0.25, 0.3) is 0 Å². The van der Waals surface area contributed by atoms with Gasteiger partial charge in [-0.1, -0.05) is 47.1 Å². The molecule has 5 heteroatoms. The zero-order valence-electron chi connectivity index (χ0n) is 10.0. The Hall–Kier alpha value is -0.740. The quantitative estimate of drug-likeness (QED) is 0.825.